The van der Waals surface area contributed by atoms with Crippen LogP contribution in [0.3, 0.4) is 0 Å². The summed E-state index contributed by atoms with van der Waals surface area (Å²) in [5.41, 5.74) is 0. The molecule has 0 fully saturated rings. The molecule has 0 aliphatic heterocycles. The van der Waals surface area contributed by atoms with E-state index in [1.165, 1.54) is 0 Å². The second-order valence-electron chi connectivity index (χ2n) is 2.37. The first-order valence-electron chi connectivity index (χ1n) is 3.16. The molecular weight excluding hydrogens is 428 g/mol. The molecule has 0 saturated carbocycles. The van der Waals surface area contributed by atoms with Crippen molar-refractivity contribution in [3.05, 3.63) is 29.1 Å². The van der Waals surface area contributed by atoms with Gasteiger partial charge in [-0.15, -0.1) is 0 Å². The Kier molecular flexibility index (Phi) is 4.65. The summed E-state index contributed by atoms with van der Waals surface area (Å²) in [6, 6.07) is 0. The first-order chi connectivity index (χ1) is 6.68. The van der Waals surface area contributed by atoms with Gasteiger partial charge in [0.25, 0.3) is 0 Å². The van der Waals surface area contributed by atoms with E-state index in [0.717, 1.165) is 0 Å². The van der Waals surface area contributed by atoms with Crippen LogP contribution >= 0.6 is 0 Å². The molecule has 1 aromatic rings. The smallest absolute Gasteiger partial charge is 0.282 e. The molecule has 10 heteroatoms. The zero-order chi connectivity index (χ0) is 12.0. The van der Waals surface area contributed by atoms with Crippen LogP contribution in [-0.4, -0.2) is 13.0 Å². The zero-order valence-electron chi connectivity index (χ0n) is 7.01. The largest absolute Gasteiger partial charge is 0.300 e. The molecule has 0 aliphatic rings. The summed E-state index contributed by atoms with van der Waals surface area (Å²) in [4.78, 5) is -2.26. The Morgan fingerprint density at radius 1 is 0.750 bits per heavy atom. The second-order valence-corrected chi connectivity index (χ2v) is 3.73. The Hall–Kier alpha value is -0.480. The average Bonchev–Trinajstić information content (AvgIpc) is 2.09. The Morgan fingerprint density at radius 2 is 1.00 bits per heavy atom. The van der Waals surface area contributed by atoms with Crippen LogP contribution in [0.2, 0.25) is 0 Å². The van der Waals surface area contributed by atoms with Gasteiger partial charge < -0.3 is 0 Å². The van der Waals surface area contributed by atoms with Crippen LogP contribution in [0.15, 0.2) is 4.90 Å². The van der Waals surface area contributed by atoms with Crippen molar-refractivity contribution in [2.45, 2.75) is 4.90 Å². The maximum atomic E-state index is 12.6. The molecule has 0 aliphatic carbocycles. The molecule has 0 unspecified atom stereocenters. The van der Waals surface area contributed by atoms with E-state index in [0.29, 0.717) is 0 Å². The van der Waals surface area contributed by atoms with Gasteiger partial charge in [-0.2, -0.15) is 8.42 Å². The Labute approximate surface area is 102 Å². The van der Waals surface area contributed by atoms with E-state index in [-0.39, 0.29) is 22.4 Å². The van der Waals surface area contributed by atoms with Crippen LogP contribution in [0.5, 0.6) is 0 Å². The van der Waals surface area contributed by atoms with Crippen molar-refractivity contribution in [2.75, 3.05) is 0 Å². The Balaban J connectivity index is 0.00000225. The van der Waals surface area contributed by atoms with Crippen LogP contribution in [0, 0.1) is 29.1 Å². The van der Waals surface area contributed by atoms with Gasteiger partial charge in [0, 0.05) is 22.4 Å². The van der Waals surface area contributed by atoms with Gasteiger partial charge in [-0.05, 0) is 0 Å². The first kappa shape index (κ1) is 15.5. The summed E-state index contributed by atoms with van der Waals surface area (Å²) in [7, 11) is -5.52. The van der Waals surface area contributed by atoms with E-state index in [4.69, 9.17) is 4.55 Å². The molecule has 1 aromatic carbocycles. The van der Waals surface area contributed by atoms with E-state index in [1.54, 1.807) is 0 Å². The van der Waals surface area contributed by atoms with E-state index in [1.807, 2.05) is 0 Å². The van der Waals surface area contributed by atoms with Gasteiger partial charge in [-0.3, -0.25) is 4.55 Å². The molecule has 89 valence electrons. The van der Waals surface area contributed by atoms with Gasteiger partial charge >= 0.3 is 10.1 Å². The van der Waals surface area contributed by atoms with Crippen LogP contribution in [0.4, 0.5) is 22.0 Å². The minimum absolute atomic E-state index is 0. The first-order valence-corrected chi connectivity index (χ1v) is 4.61. The Morgan fingerprint density at radius 3 is 1.25 bits per heavy atom. The van der Waals surface area contributed by atoms with Crippen molar-refractivity contribution in [3.8, 4) is 0 Å². The fraction of sp³-hybridized carbons (Fsp3) is 0. The van der Waals surface area contributed by atoms with Crippen molar-refractivity contribution in [3.63, 3.8) is 0 Å². The van der Waals surface area contributed by atoms with Crippen molar-refractivity contribution in [2.24, 2.45) is 0 Å². The molecule has 1 radical (unpaired) electrons. The maximum Gasteiger partial charge on any atom is 0.300 e. The fourth-order valence-corrected chi connectivity index (χ4v) is 1.44. The SMILES string of the molecule is O=S(=O)(O)c1c(F)c(F)c(F)c(F)c1F.[Ta]. The third-order valence-electron chi connectivity index (χ3n) is 1.43. The third-order valence-corrected chi connectivity index (χ3v) is 2.30. The molecule has 16 heavy (non-hydrogen) atoms. The number of benzene rings is 1. The minimum atomic E-state index is -5.52. The number of halogens is 5. The topological polar surface area (TPSA) is 54.4 Å². The van der Waals surface area contributed by atoms with E-state index < -0.39 is 44.1 Å². The summed E-state index contributed by atoms with van der Waals surface area (Å²) < 4.78 is 91.3. The number of hydrogen-bond donors (Lipinski definition) is 1. The summed E-state index contributed by atoms with van der Waals surface area (Å²) in [5.74, 6) is -12.6. The quantitative estimate of drug-likeness (QED) is 0.320. The van der Waals surface area contributed by atoms with Gasteiger partial charge in [-0.1, -0.05) is 0 Å². The molecule has 1 rings (SSSR count). The summed E-state index contributed by atoms with van der Waals surface area (Å²) in [5, 5.41) is 0. The van der Waals surface area contributed by atoms with Crippen molar-refractivity contribution < 1.29 is 57.3 Å². The van der Waals surface area contributed by atoms with Crippen LogP contribution < -0.4 is 0 Å². The number of hydrogen-bond acceptors (Lipinski definition) is 2. The number of rotatable bonds is 1. The summed E-state index contributed by atoms with van der Waals surface area (Å²) >= 11 is 0. The fourth-order valence-electron chi connectivity index (χ4n) is 0.811. The average molecular weight is 429 g/mol. The minimum Gasteiger partial charge on any atom is -0.282 e. The van der Waals surface area contributed by atoms with Crippen molar-refractivity contribution in [1.82, 2.24) is 0 Å². The third kappa shape index (κ3) is 2.43. The van der Waals surface area contributed by atoms with Crippen LogP contribution in [0.25, 0.3) is 0 Å². The normalized spacial score (nSPS) is 11.1. The van der Waals surface area contributed by atoms with E-state index in [9.17, 15) is 30.4 Å². The van der Waals surface area contributed by atoms with Crippen molar-refractivity contribution in [1.29, 1.82) is 0 Å². The summed E-state index contributed by atoms with van der Waals surface area (Å²) in [6.45, 7) is 0. The molecule has 3 nitrogen and oxygen atoms in total. The van der Waals surface area contributed by atoms with Gasteiger partial charge in [0.2, 0.25) is 5.82 Å². The molecule has 0 aromatic heterocycles. The van der Waals surface area contributed by atoms with E-state index >= 15 is 0 Å². The predicted molar refractivity (Wildman–Crippen MR) is 36.0 cm³/mol. The Bertz CT molecular complexity index is 500. The predicted octanol–water partition coefficient (Wildman–Crippen LogP) is 1.63. The monoisotopic (exact) mass is 429 g/mol. The molecule has 0 atom stereocenters. The molecule has 1 N–H and O–H groups in total. The molecule has 0 amide bonds. The molecule has 0 bridgehead atoms. The van der Waals surface area contributed by atoms with Gasteiger partial charge in [0.15, 0.2) is 28.2 Å². The van der Waals surface area contributed by atoms with E-state index in [2.05, 4.69) is 0 Å². The maximum absolute atomic E-state index is 12.6. The molecule has 0 saturated heterocycles. The van der Waals surface area contributed by atoms with Gasteiger partial charge in [0.05, 0.1) is 0 Å². The van der Waals surface area contributed by atoms with Crippen LogP contribution in [-0.2, 0) is 32.5 Å². The van der Waals surface area contributed by atoms with Gasteiger partial charge in [0.1, 0.15) is 0 Å². The summed E-state index contributed by atoms with van der Waals surface area (Å²) in [6.07, 6.45) is 0. The molecular formula is C6HF5O3STa. The molecule has 0 heterocycles. The van der Waals surface area contributed by atoms with Crippen LogP contribution in [0.1, 0.15) is 0 Å². The standard InChI is InChI=1S/C6HF5O3S.Ta/c7-1-2(8)4(10)6(15(12,13)14)5(11)3(1)9;/h(H,12,13,14);. The zero-order valence-corrected chi connectivity index (χ0v) is 11.0. The van der Waals surface area contributed by atoms with Crippen molar-refractivity contribution >= 4 is 10.1 Å². The van der Waals surface area contributed by atoms with Gasteiger partial charge in [-0.25, -0.2) is 22.0 Å². The molecule has 0 spiro atoms. The second kappa shape index (κ2) is 4.80.